The molecule has 1 heterocycles. The molecule has 1 aromatic heterocycles. The number of benzene rings is 1. The molecule has 1 N–H and O–H groups in total. The normalized spacial score (nSPS) is 11.6. The lowest BCUT2D eigenvalue weighted by Crippen LogP contribution is -2.27. The Bertz CT molecular complexity index is 705. The van der Waals surface area contributed by atoms with Gasteiger partial charge < -0.3 is 4.74 Å². The maximum absolute atomic E-state index is 12.0. The molecule has 0 aliphatic carbocycles. The number of nitrogens with one attached hydrogen (secondary N) is 1. The van der Waals surface area contributed by atoms with Crippen molar-refractivity contribution < 1.29 is 13.2 Å². The SMILES string of the molecule is Cc1cc(C)cc(OCCNS(=O)(=O)c2ccc(Cl)s2)c1. The summed E-state index contributed by atoms with van der Waals surface area (Å²) in [7, 11) is -3.51. The fraction of sp³-hybridized carbons (Fsp3) is 0.286. The first kappa shape index (κ1) is 16.3. The minimum Gasteiger partial charge on any atom is -0.492 e. The van der Waals surface area contributed by atoms with Crippen molar-refractivity contribution in [3.8, 4) is 5.75 Å². The second-order valence-corrected chi connectivity index (χ2v) is 8.34. The zero-order valence-electron chi connectivity index (χ0n) is 11.7. The number of ether oxygens (including phenoxy) is 1. The van der Waals surface area contributed by atoms with Crippen LogP contribution in [0, 0.1) is 13.8 Å². The molecule has 4 nitrogen and oxygen atoms in total. The molecule has 0 spiro atoms. The van der Waals surface area contributed by atoms with Gasteiger partial charge in [0.2, 0.25) is 10.0 Å². The molecule has 2 rings (SSSR count). The van der Waals surface area contributed by atoms with Gasteiger partial charge in [-0.3, -0.25) is 0 Å². The Hall–Kier alpha value is -1.08. The lowest BCUT2D eigenvalue weighted by atomic mass is 10.1. The number of rotatable bonds is 6. The fourth-order valence-corrected chi connectivity index (χ4v) is 4.41. The van der Waals surface area contributed by atoms with Gasteiger partial charge in [-0.2, -0.15) is 0 Å². The monoisotopic (exact) mass is 345 g/mol. The van der Waals surface area contributed by atoms with Gasteiger partial charge in [-0.1, -0.05) is 17.7 Å². The van der Waals surface area contributed by atoms with Gasteiger partial charge in [-0.15, -0.1) is 11.3 Å². The van der Waals surface area contributed by atoms with Crippen molar-refractivity contribution in [1.29, 1.82) is 0 Å². The summed E-state index contributed by atoms with van der Waals surface area (Å²) in [5.41, 5.74) is 2.22. The number of sulfonamides is 1. The van der Waals surface area contributed by atoms with Gasteiger partial charge >= 0.3 is 0 Å². The van der Waals surface area contributed by atoms with Crippen molar-refractivity contribution in [3.63, 3.8) is 0 Å². The van der Waals surface area contributed by atoms with Crippen LogP contribution in [-0.4, -0.2) is 21.6 Å². The van der Waals surface area contributed by atoms with Crippen LogP contribution >= 0.6 is 22.9 Å². The van der Waals surface area contributed by atoms with Crippen molar-refractivity contribution in [3.05, 3.63) is 45.8 Å². The van der Waals surface area contributed by atoms with Crippen LogP contribution in [0.2, 0.25) is 4.34 Å². The van der Waals surface area contributed by atoms with E-state index in [1.807, 2.05) is 26.0 Å². The Morgan fingerprint density at radius 1 is 1.19 bits per heavy atom. The Morgan fingerprint density at radius 3 is 2.43 bits per heavy atom. The maximum Gasteiger partial charge on any atom is 0.250 e. The Kier molecular flexibility index (Phi) is 5.27. The summed E-state index contributed by atoms with van der Waals surface area (Å²) < 4.78 is 32.6. The van der Waals surface area contributed by atoms with Gasteiger partial charge in [-0.05, 0) is 49.2 Å². The zero-order chi connectivity index (χ0) is 15.5. The Balaban J connectivity index is 1.87. The van der Waals surface area contributed by atoms with Crippen LogP contribution in [0.4, 0.5) is 0 Å². The van der Waals surface area contributed by atoms with E-state index in [2.05, 4.69) is 10.8 Å². The lowest BCUT2D eigenvalue weighted by Gasteiger charge is -2.09. The lowest BCUT2D eigenvalue weighted by molar-refractivity contribution is 0.322. The zero-order valence-corrected chi connectivity index (χ0v) is 14.1. The van der Waals surface area contributed by atoms with Crippen LogP contribution < -0.4 is 9.46 Å². The molecule has 114 valence electrons. The summed E-state index contributed by atoms with van der Waals surface area (Å²) in [6.07, 6.45) is 0. The highest BCUT2D eigenvalue weighted by atomic mass is 35.5. The van der Waals surface area contributed by atoms with E-state index in [1.165, 1.54) is 6.07 Å². The molecule has 0 saturated carbocycles. The van der Waals surface area contributed by atoms with Crippen molar-refractivity contribution in [1.82, 2.24) is 4.72 Å². The van der Waals surface area contributed by atoms with Crippen LogP contribution in [0.25, 0.3) is 0 Å². The van der Waals surface area contributed by atoms with Crippen molar-refractivity contribution in [2.24, 2.45) is 0 Å². The first-order chi connectivity index (χ1) is 9.87. The van der Waals surface area contributed by atoms with Gasteiger partial charge in [0.15, 0.2) is 0 Å². The molecule has 0 atom stereocenters. The summed E-state index contributed by atoms with van der Waals surface area (Å²) in [6.45, 7) is 4.44. The molecule has 0 radical (unpaired) electrons. The molecule has 0 aliphatic rings. The third-order valence-corrected chi connectivity index (χ3v) is 5.86. The third kappa shape index (κ3) is 4.71. The second kappa shape index (κ2) is 6.79. The third-order valence-electron chi connectivity index (χ3n) is 2.67. The highest BCUT2D eigenvalue weighted by Gasteiger charge is 2.15. The van der Waals surface area contributed by atoms with Crippen LogP contribution in [-0.2, 0) is 10.0 Å². The molecular weight excluding hydrogens is 330 g/mol. The molecule has 0 amide bonds. The van der Waals surface area contributed by atoms with E-state index < -0.39 is 10.0 Å². The second-order valence-electron chi connectivity index (χ2n) is 4.63. The van der Waals surface area contributed by atoms with E-state index in [4.69, 9.17) is 16.3 Å². The molecular formula is C14H16ClNO3S2. The fourth-order valence-electron chi connectivity index (χ4n) is 1.87. The van der Waals surface area contributed by atoms with Crippen LogP contribution in [0.15, 0.2) is 34.5 Å². The summed E-state index contributed by atoms with van der Waals surface area (Å²) in [6, 6.07) is 8.93. The number of hydrogen-bond donors (Lipinski definition) is 1. The van der Waals surface area contributed by atoms with Gasteiger partial charge in [0.25, 0.3) is 0 Å². The van der Waals surface area contributed by atoms with Gasteiger partial charge in [0.1, 0.15) is 16.6 Å². The van der Waals surface area contributed by atoms with E-state index in [9.17, 15) is 8.42 Å². The predicted octanol–water partition coefficient (Wildman–Crippen LogP) is 3.38. The van der Waals surface area contributed by atoms with E-state index in [0.29, 0.717) is 4.34 Å². The molecule has 0 bridgehead atoms. The summed E-state index contributed by atoms with van der Waals surface area (Å²) in [5.74, 6) is 0.742. The predicted molar refractivity (Wildman–Crippen MR) is 85.9 cm³/mol. The van der Waals surface area contributed by atoms with E-state index in [1.54, 1.807) is 6.07 Å². The standard InChI is InChI=1S/C14H16ClNO3S2/c1-10-7-11(2)9-12(8-10)19-6-5-16-21(17,18)14-4-3-13(15)20-14/h3-4,7-9,16H,5-6H2,1-2H3. The minimum absolute atomic E-state index is 0.199. The van der Waals surface area contributed by atoms with Gasteiger partial charge in [0, 0.05) is 6.54 Å². The van der Waals surface area contributed by atoms with Gasteiger partial charge in [-0.25, -0.2) is 13.1 Å². The quantitative estimate of drug-likeness (QED) is 0.816. The maximum atomic E-state index is 12.0. The largest absolute Gasteiger partial charge is 0.492 e. The minimum atomic E-state index is -3.51. The molecule has 0 saturated heterocycles. The first-order valence-electron chi connectivity index (χ1n) is 6.33. The van der Waals surface area contributed by atoms with Crippen LogP contribution in [0.3, 0.4) is 0 Å². The number of thiophene rings is 1. The Labute approximate surface area is 133 Å². The molecule has 21 heavy (non-hydrogen) atoms. The molecule has 0 unspecified atom stereocenters. The first-order valence-corrected chi connectivity index (χ1v) is 9.01. The number of halogens is 1. The summed E-state index contributed by atoms with van der Waals surface area (Å²) >= 11 is 6.77. The number of aryl methyl sites for hydroxylation is 2. The molecule has 0 fully saturated rings. The average Bonchev–Trinajstić information content (AvgIpc) is 2.81. The molecule has 1 aromatic carbocycles. The topological polar surface area (TPSA) is 55.4 Å². The van der Waals surface area contributed by atoms with E-state index >= 15 is 0 Å². The summed E-state index contributed by atoms with van der Waals surface area (Å²) in [5, 5.41) is 0. The van der Waals surface area contributed by atoms with Crippen LogP contribution in [0.5, 0.6) is 5.75 Å². The highest BCUT2D eigenvalue weighted by molar-refractivity contribution is 7.91. The summed E-state index contributed by atoms with van der Waals surface area (Å²) in [4.78, 5) is 0. The van der Waals surface area contributed by atoms with Gasteiger partial charge in [0.05, 0.1) is 4.34 Å². The number of hydrogen-bond acceptors (Lipinski definition) is 4. The Morgan fingerprint density at radius 2 is 1.86 bits per heavy atom. The van der Waals surface area contributed by atoms with Crippen LogP contribution in [0.1, 0.15) is 11.1 Å². The molecule has 2 aromatic rings. The highest BCUT2D eigenvalue weighted by Crippen LogP contribution is 2.25. The van der Waals surface area contributed by atoms with Crippen molar-refractivity contribution >= 4 is 33.0 Å². The smallest absolute Gasteiger partial charge is 0.250 e. The average molecular weight is 346 g/mol. The van der Waals surface area contributed by atoms with E-state index in [0.717, 1.165) is 28.2 Å². The molecule has 7 heteroatoms. The molecule has 0 aliphatic heterocycles. The van der Waals surface area contributed by atoms with E-state index in [-0.39, 0.29) is 17.4 Å². The van der Waals surface area contributed by atoms with Crippen molar-refractivity contribution in [2.75, 3.05) is 13.2 Å². The van der Waals surface area contributed by atoms with Crippen molar-refractivity contribution in [2.45, 2.75) is 18.1 Å².